The van der Waals surface area contributed by atoms with Crippen molar-refractivity contribution in [3.8, 4) is 0 Å². The molecule has 20 heavy (non-hydrogen) atoms. The number of rotatable bonds is 6. The predicted molar refractivity (Wildman–Crippen MR) is 84.2 cm³/mol. The molecule has 1 N–H and O–H groups in total. The summed E-state index contributed by atoms with van der Waals surface area (Å²) in [6.45, 7) is 7.24. The number of anilines is 1. The maximum atomic E-state index is 4.67. The minimum atomic E-state index is 0.788. The Bertz CT molecular complexity index is 522. The molecule has 0 aliphatic rings. The van der Waals surface area contributed by atoms with Crippen LogP contribution < -0.4 is 5.32 Å². The summed E-state index contributed by atoms with van der Waals surface area (Å²) >= 11 is 0. The van der Waals surface area contributed by atoms with E-state index in [-0.39, 0.29) is 0 Å². The molecule has 2 aromatic rings. The van der Waals surface area contributed by atoms with Gasteiger partial charge in [0.2, 0.25) is 0 Å². The first-order valence-corrected chi connectivity index (χ1v) is 7.37. The minimum Gasteiger partial charge on any atom is -0.370 e. The number of aryl methyl sites for hydroxylation is 2. The van der Waals surface area contributed by atoms with Gasteiger partial charge in [0, 0.05) is 24.7 Å². The largest absolute Gasteiger partial charge is 0.370 e. The molecule has 0 unspecified atom stereocenters. The highest BCUT2D eigenvalue weighted by Gasteiger charge is 2.05. The third-order valence-electron chi connectivity index (χ3n) is 3.17. The first-order valence-electron chi connectivity index (χ1n) is 7.37. The van der Waals surface area contributed by atoms with Crippen LogP contribution in [0, 0.1) is 6.92 Å². The molecule has 0 saturated heterocycles. The second-order valence-corrected chi connectivity index (χ2v) is 5.10. The Balaban J connectivity index is 2.22. The summed E-state index contributed by atoms with van der Waals surface area (Å²) in [5, 5.41) is 3.29. The van der Waals surface area contributed by atoms with Crippen LogP contribution in [0.2, 0.25) is 0 Å². The molecule has 0 amide bonds. The van der Waals surface area contributed by atoms with Crippen LogP contribution in [0.3, 0.4) is 0 Å². The third kappa shape index (κ3) is 4.05. The number of nitrogens with one attached hydrogen (secondary N) is 1. The molecule has 0 atom stereocenters. The number of nitrogens with zero attached hydrogens (tertiary/aromatic N) is 2. The predicted octanol–water partition coefficient (Wildman–Crippen LogP) is 3.76. The standard InChI is InChI=1S/C17H23N3/c1-4-6-15-12-16(18-5-2)20-17(19-15)11-14-9-7-13(3)8-10-14/h7-10,12H,4-6,11H2,1-3H3,(H,18,19,20). The van der Waals surface area contributed by atoms with Crippen LogP contribution in [0.25, 0.3) is 0 Å². The molecule has 1 aromatic heterocycles. The molecule has 0 radical (unpaired) electrons. The van der Waals surface area contributed by atoms with Crippen LogP contribution in [-0.2, 0) is 12.8 Å². The quantitative estimate of drug-likeness (QED) is 0.867. The van der Waals surface area contributed by atoms with E-state index in [1.807, 2.05) is 0 Å². The van der Waals surface area contributed by atoms with Crippen molar-refractivity contribution in [3.05, 3.63) is 53.0 Å². The molecule has 0 bridgehead atoms. The van der Waals surface area contributed by atoms with E-state index in [9.17, 15) is 0 Å². The Morgan fingerprint density at radius 3 is 2.45 bits per heavy atom. The molecule has 0 spiro atoms. The Kier molecular flexibility index (Phi) is 5.10. The Morgan fingerprint density at radius 2 is 1.80 bits per heavy atom. The molecule has 106 valence electrons. The molecule has 3 nitrogen and oxygen atoms in total. The highest BCUT2D eigenvalue weighted by atomic mass is 15.0. The molecule has 1 heterocycles. The van der Waals surface area contributed by atoms with E-state index >= 15 is 0 Å². The summed E-state index contributed by atoms with van der Waals surface area (Å²) in [4.78, 5) is 9.27. The smallest absolute Gasteiger partial charge is 0.135 e. The van der Waals surface area contributed by atoms with Crippen LogP contribution in [0.5, 0.6) is 0 Å². The zero-order valence-electron chi connectivity index (χ0n) is 12.6. The van der Waals surface area contributed by atoms with Crippen molar-refractivity contribution in [2.45, 2.75) is 40.0 Å². The fraction of sp³-hybridized carbons (Fsp3) is 0.412. The summed E-state index contributed by atoms with van der Waals surface area (Å²) in [5.41, 5.74) is 3.66. The lowest BCUT2D eigenvalue weighted by atomic mass is 10.1. The average Bonchev–Trinajstić information content (AvgIpc) is 2.42. The molecular weight excluding hydrogens is 246 g/mol. The number of hydrogen-bond donors (Lipinski definition) is 1. The summed E-state index contributed by atoms with van der Waals surface area (Å²) in [6.07, 6.45) is 2.89. The maximum Gasteiger partial charge on any atom is 0.135 e. The lowest BCUT2D eigenvalue weighted by Crippen LogP contribution is -2.06. The molecular formula is C17H23N3. The van der Waals surface area contributed by atoms with Crippen LogP contribution in [0.4, 0.5) is 5.82 Å². The van der Waals surface area contributed by atoms with E-state index < -0.39 is 0 Å². The van der Waals surface area contributed by atoms with Crippen LogP contribution in [0.1, 0.15) is 42.9 Å². The van der Waals surface area contributed by atoms with Crippen molar-refractivity contribution in [1.29, 1.82) is 0 Å². The fourth-order valence-electron chi connectivity index (χ4n) is 2.18. The van der Waals surface area contributed by atoms with Gasteiger partial charge < -0.3 is 5.32 Å². The zero-order valence-corrected chi connectivity index (χ0v) is 12.6. The molecule has 1 aromatic carbocycles. The first kappa shape index (κ1) is 14.5. The fourth-order valence-corrected chi connectivity index (χ4v) is 2.18. The van der Waals surface area contributed by atoms with Crippen LogP contribution >= 0.6 is 0 Å². The van der Waals surface area contributed by atoms with Gasteiger partial charge in [-0.1, -0.05) is 43.2 Å². The van der Waals surface area contributed by atoms with Crippen molar-refractivity contribution >= 4 is 5.82 Å². The summed E-state index contributed by atoms with van der Waals surface area (Å²) in [7, 11) is 0. The van der Waals surface area contributed by atoms with Crippen LogP contribution in [-0.4, -0.2) is 16.5 Å². The van der Waals surface area contributed by atoms with Crippen molar-refractivity contribution < 1.29 is 0 Å². The minimum absolute atomic E-state index is 0.788. The highest BCUT2D eigenvalue weighted by Crippen LogP contribution is 2.13. The molecule has 2 rings (SSSR count). The second kappa shape index (κ2) is 7.04. The SMILES string of the molecule is CCCc1cc(NCC)nc(Cc2ccc(C)cc2)n1. The van der Waals surface area contributed by atoms with Gasteiger partial charge in [-0.25, -0.2) is 9.97 Å². The summed E-state index contributed by atoms with van der Waals surface area (Å²) < 4.78 is 0. The van der Waals surface area contributed by atoms with Gasteiger partial charge in [-0.05, 0) is 25.8 Å². The maximum absolute atomic E-state index is 4.67. The normalized spacial score (nSPS) is 10.6. The van der Waals surface area contributed by atoms with Gasteiger partial charge >= 0.3 is 0 Å². The van der Waals surface area contributed by atoms with E-state index in [2.05, 4.69) is 66.4 Å². The van der Waals surface area contributed by atoms with Gasteiger partial charge in [0.1, 0.15) is 11.6 Å². The van der Waals surface area contributed by atoms with Crippen molar-refractivity contribution in [2.24, 2.45) is 0 Å². The van der Waals surface area contributed by atoms with Gasteiger partial charge in [0.15, 0.2) is 0 Å². The summed E-state index contributed by atoms with van der Waals surface area (Å²) in [6, 6.07) is 10.6. The van der Waals surface area contributed by atoms with E-state index in [1.165, 1.54) is 11.1 Å². The second-order valence-electron chi connectivity index (χ2n) is 5.10. The Morgan fingerprint density at radius 1 is 1.05 bits per heavy atom. The van der Waals surface area contributed by atoms with Crippen molar-refractivity contribution in [2.75, 3.05) is 11.9 Å². The van der Waals surface area contributed by atoms with E-state index in [4.69, 9.17) is 0 Å². The molecule has 0 aliphatic heterocycles. The average molecular weight is 269 g/mol. The topological polar surface area (TPSA) is 37.8 Å². The molecule has 0 fully saturated rings. The van der Waals surface area contributed by atoms with Gasteiger partial charge in [-0.3, -0.25) is 0 Å². The van der Waals surface area contributed by atoms with Crippen molar-refractivity contribution in [1.82, 2.24) is 9.97 Å². The lowest BCUT2D eigenvalue weighted by Gasteiger charge is -2.09. The van der Waals surface area contributed by atoms with E-state index in [0.717, 1.165) is 43.1 Å². The molecule has 0 aliphatic carbocycles. The van der Waals surface area contributed by atoms with Crippen LogP contribution in [0.15, 0.2) is 30.3 Å². The highest BCUT2D eigenvalue weighted by molar-refractivity contribution is 5.37. The lowest BCUT2D eigenvalue weighted by molar-refractivity contribution is 0.841. The van der Waals surface area contributed by atoms with E-state index in [0.29, 0.717) is 0 Å². The Labute approximate surface area is 121 Å². The molecule has 3 heteroatoms. The molecule has 0 saturated carbocycles. The van der Waals surface area contributed by atoms with Gasteiger partial charge in [0.05, 0.1) is 0 Å². The third-order valence-corrected chi connectivity index (χ3v) is 3.17. The van der Waals surface area contributed by atoms with Gasteiger partial charge in [0.25, 0.3) is 0 Å². The number of hydrogen-bond acceptors (Lipinski definition) is 3. The summed E-state index contributed by atoms with van der Waals surface area (Å²) in [5.74, 6) is 1.84. The monoisotopic (exact) mass is 269 g/mol. The number of aromatic nitrogens is 2. The van der Waals surface area contributed by atoms with Gasteiger partial charge in [-0.15, -0.1) is 0 Å². The zero-order chi connectivity index (χ0) is 14.4. The van der Waals surface area contributed by atoms with E-state index in [1.54, 1.807) is 0 Å². The van der Waals surface area contributed by atoms with Crippen molar-refractivity contribution in [3.63, 3.8) is 0 Å². The first-order chi connectivity index (χ1) is 9.71. The Hall–Kier alpha value is -1.90. The van der Waals surface area contributed by atoms with Gasteiger partial charge in [-0.2, -0.15) is 0 Å². The number of benzene rings is 1.